The number of hydrogen-bond donors (Lipinski definition) is 1. The average Bonchev–Trinajstić information content (AvgIpc) is 2.63. The first-order chi connectivity index (χ1) is 12.4. The molecule has 1 aliphatic rings. The Morgan fingerprint density at radius 3 is 2.35 bits per heavy atom. The molecule has 1 atom stereocenters. The molecule has 1 fully saturated rings. The summed E-state index contributed by atoms with van der Waals surface area (Å²) in [5, 5.41) is 10.9. The molecule has 138 valence electrons. The standard InChI is InChI=1S/C21H25FN2O2/c1-23(2)19(16-7-6-10-18(22)15-16)20(25)24-13-11-21(26,12-14-24)17-8-4-3-5-9-17/h3-10,15,19,26H,11-14H2,1-2H3. The van der Waals surface area contributed by atoms with Gasteiger partial charge < -0.3 is 10.0 Å². The summed E-state index contributed by atoms with van der Waals surface area (Å²) in [5.74, 6) is -0.407. The molecule has 0 aromatic heterocycles. The van der Waals surface area contributed by atoms with Crippen molar-refractivity contribution < 1.29 is 14.3 Å². The zero-order chi connectivity index (χ0) is 18.7. The van der Waals surface area contributed by atoms with Gasteiger partial charge in [-0.15, -0.1) is 0 Å². The fourth-order valence-electron chi connectivity index (χ4n) is 3.65. The van der Waals surface area contributed by atoms with E-state index >= 15 is 0 Å². The van der Waals surface area contributed by atoms with Crippen molar-refractivity contribution >= 4 is 5.91 Å². The van der Waals surface area contributed by atoms with Gasteiger partial charge in [-0.05, 0) is 50.2 Å². The highest BCUT2D eigenvalue weighted by Gasteiger charge is 2.37. The molecule has 2 aromatic carbocycles. The van der Waals surface area contributed by atoms with Crippen LogP contribution in [0.3, 0.4) is 0 Å². The fourth-order valence-corrected chi connectivity index (χ4v) is 3.65. The molecule has 0 bridgehead atoms. The highest BCUT2D eigenvalue weighted by Crippen LogP contribution is 2.34. The SMILES string of the molecule is CN(C)C(C(=O)N1CCC(O)(c2ccccc2)CC1)c1cccc(F)c1. The average molecular weight is 356 g/mol. The Balaban J connectivity index is 1.74. The summed E-state index contributed by atoms with van der Waals surface area (Å²) in [6, 6.07) is 15.2. The molecule has 0 saturated carbocycles. The van der Waals surface area contributed by atoms with Crippen molar-refractivity contribution in [3.05, 3.63) is 71.5 Å². The van der Waals surface area contributed by atoms with Gasteiger partial charge in [0.15, 0.2) is 0 Å². The van der Waals surface area contributed by atoms with Gasteiger partial charge in [-0.1, -0.05) is 42.5 Å². The predicted octanol–water partition coefficient (Wildman–Crippen LogP) is 2.94. The first-order valence-corrected chi connectivity index (χ1v) is 8.89. The molecular formula is C21H25FN2O2. The van der Waals surface area contributed by atoms with E-state index in [1.54, 1.807) is 21.9 Å². The van der Waals surface area contributed by atoms with Crippen LogP contribution in [-0.2, 0) is 10.4 Å². The van der Waals surface area contributed by atoms with E-state index < -0.39 is 11.6 Å². The molecule has 1 amide bonds. The Morgan fingerprint density at radius 2 is 1.77 bits per heavy atom. The van der Waals surface area contributed by atoms with Crippen molar-refractivity contribution in [2.24, 2.45) is 0 Å². The lowest BCUT2D eigenvalue weighted by atomic mass is 9.84. The van der Waals surface area contributed by atoms with E-state index in [9.17, 15) is 14.3 Å². The topological polar surface area (TPSA) is 43.8 Å². The van der Waals surface area contributed by atoms with Gasteiger partial charge in [0.25, 0.3) is 0 Å². The number of nitrogens with zero attached hydrogens (tertiary/aromatic N) is 2. The minimum Gasteiger partial charge on any atom is -0.385 e. The van der Waals surface area contributed by atoms with Crippen molar-refractivity contribution in [3.63, 3.8) is 0 Å². The molecule has 1 unspecified atom stereocenters. The molecule has 1 N–H and O–H groups in total. The van der Waals surface area contributed by atoms with Gasteiger partial charge in [0.05, 0.1) is 5.60 Å². The first-order valence-electron chi connectivity index (χ1n) is 8.89. The number of carbonyl (C=O) groups is 1. The maximum Gasteiger partial charge on any atom is 0.244 e. The van der Waals surface area contributed by atoms with Crippen molar-refractivity contribution in [2.75, 3.05) is 27.2 Å². The number of rotatable bonds is 4. The number of carbonyl (C=O) groups excluding carboxylic acids is 1. The monoisotopic (exact) mass is 356 g/mol. The van der Waals surface area contributed by atoms with E-state index in [4.69, 9.17) is 0 Å². The summed E-state index contributed by atoms with van der Waals surface area (Å²) in [6.45, 7) is 0.952. The largest absolute Gasteiger partial charge is 0.385 e. The van der Waals surface area contributed by atoms with Crippen molar-refractivity contribution in [2.45, 2.75) is 24.5 Å². The van der Waals surface area contributed by atoms with Gasteiger partial charge in [-0.3, -0.25) is 9.69 Å². The summed E-state index contributed by atoms with van der Waals surface area (Å²) >= 11 is 0. The number of halogens is 1. The van der Waals surface area contributed by atoms with Crippen LogP contribution in [0.25, 0.3) is 0 Å². The third-order valence-electron chi connectivity index (χ3n) is 5.13. The second-order valence-corrected chi connectivity index (χ2v) is 7.14. The Bertz CT molecular complexity index is 756. The molecule has 5 heteroatoms. The van der Waals surface area contributed by atoms with E-state index in [0.717, 1.165) is 5.56 Å². The first kappa shape index (κ1) is 18.5. The Kier molecular flexibility index (Phi) is 5.39. The smallest absolute Gasteiger partial charge is 0.244 e. The molecule has 2 aromatic rings. The third kappa shape index (κ3) is 3.79. The van der Waals surface area contributed by atoms with E-state index in [1.807, 2.05) is 44.4 Å². The summed E-state index contributed by atoms with van der Waals surface area (Å²) in [7, 11) is 3.63. The van der Waals surface area contributed by atoms with Crippen LogP contribution in [0.15, 0.2) is 54.6 Å². The third-order valence-corrected chi connectivity index (χ3v) is 5.13. The number of amides is 1. The maximum absolute atomic E-state index is 13.6. The molecule has 3 rings (SSSR count). The number of aliphatic hydroxyl groups is 1. The summed E-state index contributed by atoms with van der Waals surface area (Å²) < 4.78 is 13.6. The van der Waals surface area contributed by atoms with Gasteiger partial charge in [0, 0.05) is 13.1 Å². The Labute approximate surface area is 153 Å². The predicted molar refractivity (Wildman–Crippen MR) is 99.0 cm³/mol. The van der Waals surface area contributed by atoms with E-state index in [-0.39, 0.29) is 11.7 Å². The van der Waals surface area contributed by atoms with Gasteiger partial charge in [0.2, 0.25) is 5.91 Å². The number of hydrogen-bond acceptors (Lipinski definition) is 3. The molecule has 4 nitrogen and oxygen atoms in total. The van der Waals surface area contributed by atoms with Gasteiger partial charge in [0.1, 0.15) is 11.9 Å². The fraction of sp³-hybridized carbons (Fsp3) is 0.381. The summed E-state index contributed by atoms with van der Waals surface area (Å²) in [5.41, 5.74) is 0.634. The second-order valence-electron chi connectivity index (χ2n) is 7.14. The second kappa shape index (κ2) is 7.56. The minimum atomic E-state index is -0.898. The number of likely N-dealkylation sites (tertiary alicyclic amines) is 1. The lowest BCUT2D eigenvalue weighted by molar-refractivity contribution is -0.141. The van der Waals surface area contributed by atoms with Crippen LogP contribution >= 0.6 is 0 Å². The van der Waals surface area contributed by atoms with Gasteiger partial charge >= 0.3 is 0 Å². The lowest BCUT2D eigenvalue weighted by Gasteiger charge is -2.40. The molecule has 0 spiro atoms. The number of likely N-dealkylation sites (N-methyl/N-ethyl adjacent to an activating group) is 1. The van der Waals surface area contributed by atoms with Crippen LogP contribution in [0.2, 0.25) is 0 Å². The van der Waals surface area contributed by atoms with Crippen LogP contribution in [0.1, 0.15) is 30.0 Å². The Hall–Kier alpha value is -2.24. The highest BCUT2D eigenvalue weighted by molar-refractivity contribution is 5.83. The van der Waals surface area contributed by atoms with Gasteiger partial charge in [-0.2, -0.15) is 0 Å². The number of piperidine rings is 1. The van der Waals surface area contributed by atoms with E-state index in [0.29, 0.717) is 31.5 Å². The molecule has 0 aliphatic carbocycles. The summed E-state index contributed by atoms with van der Waals surface area (Å²) in [4.78, 5) is 16.7. The molecule has 1 heterocycles. The van der Waals surface area contributed by atoms with Gasteiger partial charge in [-0.25, -0.2) is 4.39 Å². The lowest BCUT2D eigenvalue weighted by Crippen LogP contribution is -2.48. The molecule has 0 radical (unpaired) electrons. The van der Waals surface area contributed by atoms with Crippen molar-refractivity contribution in [1.82, 2.24) is 9.80 Å². The molecule has 1 saturated heterocycles. The van der Waals surface area contributed by atoms with Crippen molar-refractivity contribution in [3.8, 4) is 0 Å². The zero-order valence-corrected chi connectivity index (χ0v) is 15.2. The van der Waals surface area contributed by atoms with Crippen LogP contribution in [-0.4, -0.2) is 48.0 Å². The van der Waals surface area contributed by atoms with E-state index in [1.165, 1.54) is 12.1 Å². The zero-order valence-electron chi connectivity index (χ0n) is 15.2. The highest BCUT2D eigenvalue weighted by atomic mass is 19.1. The maximum atomic E-state index is 13.6. The summed E-state index contributed by atoms with van der Waals surface area (Å²) in [6.07, 6.45) is 0.984. The van der Waals surface area contributed by atoms with Crippen LogP contribution < -0.4 is 0 Å². The van der Waals surface area contributed by atoms with Crippen LogP contribution in [0.5, 0.6) is 0 Å². The molecular weight excluding hydrogens is 331 g/mol. The van der Waals surface area contributed by atoms with Crippen LogP contribution in [0.4, 0.5) is 4.39 Å². The minimum absolute atomic E-state index is 0.0595. The van der Waals surface area contributed by atoms with Crippen molar-refractivity contribution in [1.29, 1.82) is 0 Å². The Morgan fingerprint density at radius 1 is 1.12 bits per heavy atom. The van der Waals surface area contributed by atoms with E-state index in [2.05, 4.69) is 0 Å². The number of benzene rings is 2. The molecule has 1 aliphatic heterocycles. The quantitative estimate of drug-likeness (QED) is 0.916. The normalized spacial score (nSPS) is 18.0. The van der Waals surface area contributed by atoms with Crippen LogP contribution in [0, 0.1) is 5.82 Å². The molecule has 26 heavy (non-hydrogen) atoms.